The zero-order valence-corrected chi connectivity index (χ0v) is 16.3. The molecule has 0 spiro atoms. The van der Waals surface area contributed by atoms with Crippen LogP contribution in [0.2, 0.25) is 0 Å². The van der Waals surface area contributed by atoms with Crippen molar-refractivity contribution in [3.8, 4) is 23.0 Å². The van der Waals surface area contributed by atoms with Crippen LogP contribution in [0.15, 0.2) is 60.9 Å². The van der Waals surface area contributed by atoms with Crippen molar-refractivity contribution in [2.75, 3.05) is 24.8 Å². The second kappa shape index (κ2) is 8.48. The average Bonchev–Trinajstić information content (AvgIpc) is 3.21. The number of aromatic nitrogens is 5. The lowest BCUT2D eigenvalue weighted by molar-refractivity contribution is 0.394. The molecule has 0 saturated heterocycles. The number of nitrogens with one attached hydrogen (secondary N) is 2. The molecule has 0 radical (unpaired) electrons. The van der Waals surface area contributed by atoms with Crippen molar-refractivity contribution in [1.82, 2.24) is 25.0 Å². The van der Waals surface area contributed by atoms with Crippen molar-refractivity contribution < 1.29 is 13.6 Å². The highest BCUT2D eigenvalue weighted by atomic mass is 16.5. The predicted molar refractivity (Wildman–Crippen MR) is 115 cm³/mol. The summed E-state index contributed by atoms with van der Waals surface area (Å²) >= 11 is 0. The van der Waals surface area contributed by atoms with E-state index in [0.29, 0.717) is 28.6 Å². The fraction of sp³-hybridized carbons (Fsp3) is 0.143. The van der Waals surface area contributed by atoms with Gasteiger partial charge in [0.25, 0.3) is 5.88 Å². The van der Waals surface area contributed by atoms with E-state index in [1.54, 1.807) is 36.3 Å². The molecule has 2 aromatic heterocycles. The highest BCUT2D eigenvalue weighted by Gasteiger charge is 2.16. The monoisotopic (exact) mass is 406 g/mol. The quantitative estimate of drug-likeness (QED) is 0.478. The third-order valence-electron chi connectivity index (χ3n) is 4.23. The van der Waals surface area contributed by atoms with Gasteiger partial charge in [-0.25, -0.2) is 4.98 Å². The van der Waals surface area contributed by atoms with Gasteiger partial charge in [-0.05, 0) is 24.3 Å². The average molecular weight is 406 g/mol. The van der Waals surface area contributed by atoms with Crippen LogP contribution in [0.5, 0.6) is 11.6 Å². The van der Waals surface area contributed by atoms with Crippen molar-refractivity contribution in [3.63, 3.8) is 0 Å². The molecular formula is C21H21N7O2. The molecule has 30 heavy (non-hydrogen) atoms. The Morgan fingerprint density at radius 3 is 2.57 bits per heavy atom. The molecule has 2 aromatic carbocycles. The number of nitrogens with zero attached hydrogens (tertiary/aromatic N) is 5. The van der Waals surface area contributed by atoms with Crippen molar-refractivity contribution in [2.45, 2.75) is 0 Å². The molecule has 0 atom stereocenters. The van der Waals surface area contributed by atoms with Gasteiger partial charge in [-0.1, -0.05) is 24.3 Å². The normalized spacial score (nSPS) is 12.4. The number of hydrogen-bond donors (Lipinski definition) is 2. The van der Waals surface area contributed by atoms with Crippen LogP contribution in [-0.4, -0.2) is 39.1 Å². The van der Waals surface area contributed by atoms with E-state index in [9.17, 15) is 0 Å². The smallest absolute Gasteiger partial charge is 0.257 e. The topological polar surface area (TPSA) is 99.0 Å². The first-order valence-corrected chi connectivity index (χ1v) is 9.01. The van der Waals surface area contributed by atoms with Gasteiger partial charge in [0.2, 0.25) is 0 Å². The minimum atomic E-state index is -2.71. The Kier molecular flexibility index (Phi) is 4.45. The van der Waals surface area contributed by atoms with Crippen LogP contribution < -0.4 is 20.1 Å². The van der Waals surface area contributed by atoms with Gasteiger partial charge < -0.3 is 20.1 Å². The number of methoxy groups -OCH3 is 2. The van der Waals surface area contributed by atoms with E-state index < -0.39 is 7.04 Å². The Morgan fingerprint density at radius 2 is 1.83 bits per heavy atom. The molecule has 2 heterocycles. The Morgan fingerprint density at radius 1 is 0.967 bits per heavy atom. The van der Waals surface area contributed by atoms with E-state index in [2.05, 4.69) is 30.9 Å². The summed E-state index contributed by atoms with van der Waals surface area (Å²) < 4.78 is 34.7. The molecule has 9 nitrogen and oxygen atoms in total. The van der Waals surface area contributed by atoms with Crippen LogP contribution in [0.25, 0.3) is 11.4 Å². The van der Waals surface area contributed by atoms with Gasteiger partial charge in [-0.15, -0.1) is 10.2 Å². The van der Waals surface area contributed by atoms with Crippen LogP contribution in [-0.2, 0) is 7.05 Å². The third kappa shape index (κ3) is 4.00. The van der Waals surface area contributed by atoms with E-state index >= 15 is 0 Å². The fourth-order valence-corrected chi connectivity index (χ4v) is 2.92. The first kappa shape index (κ1) is 15.7. The molecule has 0 fully saturated rings. The number of anilines is 4. The summed E-state index contributed by atoms with van der Waals surface area (Å²) in [4.78, 5) is 4.28. The standard InChI is InChI=1S/C21H21N7O2/c1-28-13-22-20(27-28)15-10-7-11-16(19(15)29-2)24-17-12-18(25-26-21(17)30-3)23-14-8-5-4-6-9-14/h4-13H,1-3H3,(H2,23,24,25)/i3D3. The zero-order chi connectivity index (χ0) is 23.4. The minimum absolute atomic E-state index is 0.183. The molecular weight excluding hydrogens is 382 g/mol. The molecule has 2 N–H and O–H groups in total. The molecule has 0 bridgehead atoms. The van der Waals surface area contributed by atoms with E-state index in [4.69, 9.17) is 13.6 Å². The maximum absolute atomic E-state index is 7.46. The number of rotatable bonds is 7. The molecule has 0 aliphatic carbocycles. The predicted octanol–water partition coefficient (Wildman–Crippen LogP) is 3.78. The molecule has 0 amide bonds. The van der Waals surface area contributed by atoms with Gasteiger partial charge in [-0.3, -0.25) is 4.68 Å². The molecule has 4 rings (SSSR count). The summed E-state index contributed by atoms with van der Waals surface area (Å²) in [6.07, 6.45) is 1.59. The van der Waals surface area contributed by atoms with Gasteiger partial charge in [0.1, 0.15) is 12.0 Å². The lowest BCUT2D eigenvalue weighted by atomic mass is 10.1. The largest absolute Gasteiger partial charge is 0.494 e. The maximum Gasteiger partial charge on any atom is 0.257 e. The van der Waals surface area contributed by atoms with Crippen LogP contribution in [0.4, 0.5) is 22.9 Å². The maximum atomic E-state index is 7.46. The summed E-state index contributed by atoms with van der Waals surface area (Å²) in [5.41, 5.74) is 2.27. The van der Waals surface area contributed by atoms with Crippen LogP contribution in [0.3, 0.4) is 0 Å². The van der Waals surface area contributed by atoms with Crippen molar-refractivity contribution in [3.05, 3.63) is 60.9 Å². The number of hydrogen-bond acceptors (Lipinski definition) is 8. The summed E-state index contributed by atoms with van der Waals surface area (Å²) in [5, 5.41) is 18.6. The molecule has 0 saturated carbocycles. The number of para-hydroxylation sites is 2. The Bertz CT molecular complexity index is 1250. The van der Waals surface area contributed by atoms with Crippen molar-refractivity contribution in [2.24, 2.45) is 7.05 Å². The molecule has 152 valence electrons. The summed E-state index contributed by atoms with van der Waals surface area (Å²) in [6, 6.07) is 16.4. The number of aryl methyl sites for hydroxylation is 1. The highest BCUT2D eigenvalue weighted by Crippen LogP contribution is 2.38. The summed E-state index contributed by atoms with van der Waals surface area (Å²) in [6.45, 7) is 0. The van der Waals surface area contributed by atoms with Gasteiger partial charge in [0.15, 0.2) is 17.4 Å². The lowest BCUT2D eigenvalue weighted by Gasteiger charge is -2.16. The lowest BCUT2D eigenvalue weighted by Crippen LogP contribution is -2.03. The summed E-state index contributed by atoms with van der Waals surface area (Å²) in [7, 11) is 0.594. The number of ether oxygens (including phenoxy) is 2. The Balaban J connectivity index is 1.73. The van der Waals surface area contributed by atoms with Crippen LogP contribution in [0.1, 0.15) is 4.11 Å². The third-order valence-corrected chi connectivity index (χ3v) is 4.23. The summed E-state index contributed by atoms with van der Waals surface area (Å²) in [5.74, 6) is 1.16. The van der Waals surface area contributed by atoms with Crippen LogP contribution >= 0.6 is 0 Å². The van der Waals surface area contributed by atoms with Gasteiger partial charge in [0.05, 0.1) is 29.5 Å². The molecule has 9 heteroatoms. The van der Waals surface area contributed by atoms with E-state index in [1.807, 2.05) is 36.4 Å². The fourth-order valence-electron chi connectivity index (χ4n) is 2.92. The second-order valence-electron chi connectivity index (χ2n) is 6.29. The van der Waals surface area contributed by atoms with E-state index in [1.165, 1.54) is 7.11 Å². The molecule has 4 aromatic rings. The second-order valence-corrected chi connectivity index (χ2v) is 6.29. The molecule has 0 aliphatic rings. The first-order valence-electron chi connectivity index (χ1n) is 10.5. The Hall–Kier alpha value is -4.14. The van der Waals surface area contributed by atoms with Crippen molar-refractivity contribution >= 4 is 22.9 Å². The Labute approximate surface area is 177 Å². The zero-order valence-electron chi connectivity index (χ0n) is 19.3. The van der Waals surface area contributed by atoms with Crippen LogP contribution in [0, 0.1) is 0 Å². The van der Waals surface area contributed by atoms with Gasteiger partial charge in [-0.2, -0.15) is 5.10 Å². The van der Waals surface area contributed by atoms with Crippen molar-refractivity contribution in [1.29, 1.82) is 0 Å². The number of benzene rings is 2. The molecule has 0 unspecified atom stereocenters. The SMILES string of the molecule is [2H]C([2H])([2H])Oc1nnc(Nc2ccccc2)cc1Nc1cccc(-c2ncn(C)n2)c1OC. The highest BCUT2D eigenvalue weighted by molar-refractivity contribution is 5.79. The van der Waals surface area contributed by atoms with E-state index in [0.717, 1.165) is 5.69 Å². The minimum Gasteiger partial charge on any atom is -0.494 e. The van der Waals surface area contributed by atoms with E-state index in [-0.39, 0.29) is 11.6 Å². The van der Waals surface area contributed by atoms with Gasteiger partial charge >= 0.3 is 0 Å². The molecule has 0 aliphatic heterocycles. The first-order chi connectivity index (χ1) is 15.8. The van der Waals surface area contributed by atoms with Gasteiger partial charge in [0, 0.05) is 18.8 Å².